The molecule has 140 valence electrons. The molecule has 0 saturated heterocycles. The van der Waals surface area contributed by atoms with Gasteiger partial charge in [-0.1, -0.05) is 28.1 Å². The lowest BCUT2D eigenvalue weighted by molar-refractivity contribution is -0.384. The van der Waals surface area contributed by atoms with Gasteiger partial charge in [0.1, 0.15) is 11.4 Å². The van der Waals surface area contributed by atoms with E-state index in [1.165, 1.54) is 0 Å². The minimum absolute atomic E-state index is 0.0641. The van der Waals surface area contributed by atoms with Crippen molar-refractivity contribution in [1.82, 2.24) is 0 Å². The van der Waals surface area contributed by atoms with Gasteiger partial charge in [-0.15, -0.1) is 0 Å². The number of aryl methyl sites for hydroxylation is 1. The van der Waals surface area contributed by atoms with Crippen LogP contribution in [0.15, 0.2) is 40.9 Å². The summed E-state index contributed by atoms with van der Waals surface area (Å²) in [5, 5.41) is 15.3. The predicted octanol–water partition coefficient (Wildman–Crippen LogP) is 5.81. The molecular formula is C21H21BrN2O3. The summed E-state index contributed by atoms with van der Waals surface area (Å²) in [6, 6.07) is 7.53. The summed E-state index contributed by atoms with van der Waals surface area (Å²) in [6.45, 7) is 4.00. The number of nitrogens with zero attached hydrogens (tertiary/aromatic N) is 1. The van der Waals surface area contributed by atoms with Crippen molar-refractivity contribution < 1.29 is 9.66 Å². The van der Waals surface area contributed by atoms with Crippen LogP contribution in [0.2, 0.25) is 0 Å². The van der Waals surface area contributed by atoms with Crippen LogP contribution in [0.4, 0.5) is 11.4 Å². The number of nitrogens with one attached hydrogen (secondary N) is 1. The van der Waals surface area contributed by atoms with Gasteiger partial charge in [0.25, 0.3) is 5.69 Å². The molecular weight excluding hydrogens is 408 g/mol. The molecule has 6 heteroatoms. The summed E-state index contributed by atoms with van der Waals surface area (Å²) < 4.78 is 6.56. The van der Waals surface area contributed by atoms with E-state index in [9.17, 15) is 10.1 Å². The summed E-state index contributed by atoms with van der Waals surface area (Å²) >= 11 is 3.55. The first kappa shape index (κ1) is 18.0. The first-order valence-electron chi connectivity index (χ1n) is 8.97. The first-order valence-corrected chi connectivity index (χ1v) is 9.76. The van der Waals surface area contributed by atoms with Crippen LogP contribution in [-0.2, 0) is 0 Å². The van der Waals surface area contributed by atoms with Crippen molar-refractivity contribution in [3.8, 4) is 5.75 Å². The topological polar surface area (TPSA) is 64.4 Å². The van der Waals surface area contributed by atoms with E-state index in [1.807, 2.05) is 25.1 Å². The molecule has 1 aliphatic carbocycles. The van der Waals surface area contributed by atoms with Gasteiger partial charge >= 0.3 is 0 Å². The molecule has 0 unspecified atom stereocenters. The SMILES string of the molecule is COc1ccc(Br)cc1[C@@H]1Nc2c([N+](=O)[O-])cc(C)c(C)c2[C@@H]2C=CC[C@H]21. The number of hydrogen-bond donors (Lipinski definition) is 1. The molecule has 2 aromatic carbocycles. The molecule has 1 heterocycles. The Morgan fingerprint density at radius 2 is 2.07 bits per heavy atom. The molecule has 0 fully saturated rings. The third-order valence-corrected chi connectivity index (χ3v) is 6.37. The minimum Gasteiger partial charge on any atom is -0.496 e. The van der Waals surface area contributed by atoms with Crippen molar-refractivity contribution in [3.05, 3.63) is 73.3 Å². The van der Waals surface area contributed by atoms with Gasteiger partial charge in [0.05, 0.1) is 18.1 Å². The summed E-state index contributed by atoms with van der Waals surface area (Å²) in [5.41, 5.74) is 4.95. The van der Waals surface area contributed by atoms with E-state index in [-0.39, 0.29) is 22.6 Å². The van der Waals surface area contributed by atoms with E-state index >= 15 is 0 Å². The highest BCUT2D eigenvalue weighted by Gasteiger charge is 2.42. The highest BCUT2D eigenvalue weighted by molar-refractivity contribution is 9.10. The van der Waals surface area contributed by atoms with Gasteiger partial charge in [0.15, 0.2) is 0 Å². The van der Waals surface area contributed by atoms with Crippen LogP contribution < -0.4 is 10.1 Å². The van der Waals surface area contributed by atoms with Gasteiger partial charge in [0, 0.05) is 22.0 Å². The lowest BCUT2D eigenvalue weighted by Gasteiger charge is -2.38. The largest absolute Gasteiger partial charge is 0.496 e. The smallest absolute Gasteiger partial charge is 0.292 e. The molecule has 0 radical (unpaired) electrons. The molecule has 0 saturated carbocycles. The van der Waals surface area contributed by atoms with E-state index in [0.717, 1.165) is 38.9 Å². The summed E-state index contributed by atoms with van der Waals surface area (Å²) in [6.07, 6.45) is 5.33. The standard InChI is InChI=1S/C21H21BrN2O3/c1-11-9-17(24(25)26)21-19(12(11)2)14-5-4-6-15(14)20(23-21)16-10-13(22)7-8-18(16)27-3/h4-5,7-10,14-15,20,23H,6H2,1-3H3/t14-,15-,20-/m1/s1. The average molecular weight is 429 g/mol. The molecule has 0 aromatic heterocycles. The zero-order valence-corrected chi connectivity index (χ0v) is 17.0. The molecule has 2 aromatic rings. The van der Waals surface area contributed by atoms with E-state index in [2.05, 4.69) is 40.3 Å². The van der Waals surface area contributed by atoms with Crippen molar-refractivity contribution in [2.24, 2.45) is 5.92 Å². The van der Waals surface area contributed by atoms with E-state index in [4.69, 9.17) is 4.74 Å². The second kappa shape index (κ2) is 6.68. The number of ether oxygens (including phenoxy) is 1. The van der Waals surface area contributed by atoms with Crippen LogP contribution >= 0.6 is 15.9 Å². The van der Waals surface area contributed by atoms with Crippen LogP contribution in [0, 0.1) is 29.9 Å². The van der Waals surface area contributed by atoms with Crippen LogP contribution in [0.3, 0.4) is 0 Å². The quantitative estimate of drug-likeness (QED) is 0.380. The van der Waals surface area contributed by atoms with Crippen molar-refractivity contribution in [1.29, 1.82) is 0 Å². The Morgan fingerprint density at radius 3 is 2.78 bits per heavy atom. The maximum Gasteiger partial charge on any atom is 0.292 e. The fourth-order valence-electron chi connectivity index (χ4n) is 4.48. The summed E-state index contributed by atoms with van der Waals surface area (Å²) in [5.74, 6) is 1.24. The minimum atomic E-state index is -0.285. The lowest BCUT2D eigenvalue weighted by Crippen LogP contribution is -2.30. The number of rotatable bonds is 3. The molecule has 0 bridgehead atoms. The van der Waals surface area contributed by atoms with Crippen molar-refractivity contribution in [2.45, 2.75) is 32.2 Å². The highest BCUT2D eigenvalue weighted by atomic mass is 79.9. The van der Waals surface area contributed by atoms with Crippen molar-refractivity contribution in [2.75, 3.05) is 12.4 Å². The maximum absolute atomic E-state index is 11.8. The molecule has 1 aliphatic heterocycles. The van der Waals surface area contributed by atoms with Crippen LogP contribution in [0.1, 0.15) is 40.6 Å². The molecule has 4 rings (SSSR count). The Morgan fingerprint density at radius 1 is 1.30 bits per heavy atom. The molecule has 0 amide bonds. The second-order valence-electron chi connectivity index (χ2n) is 7.25. The first-order chi connectivity index (χ1) is 12.9. The predicted molar refractivity (Wildman–Crippen MR) is 110 cm³/mol. The fraction of sp³-hybridized carbons (Fsp3) is 0.333. The average Bonchev–Trinajstić information content (AvgIpc) is 3.13. The highest BCUT2D eigenvalue weighted by Crippen LogP contribution is 2.54. The number of anilines is 1. The van der Waals surface area contributed by atoms with Crippen LogP contribution in [-0.4, -0.2) is 12.0 Å². The molecule has 0 spiro atoms. The van der Waals surface area contributed by atoms with E-state index < -0.39 is 0 Å². The number of nitro groups is 1. The van der Waals surface area contributed by atoms with Gasteiger partial charge < -0.3 is 10.1 Å². The Balaban J connectivity index is 1.93. The number of allylic oxidation sites excluding steroid dienone is 2. The Kier molecular flexibility index (Phi) is 4.46. The number of benzene rings is 2. The van der Waals surface area contributed by atoms with Crippen LogP contribution in [0.5, 0.6) is 5.75 Å². The monoisotopic (exact) mass is 428 g/mol. The normalized spacial score (nSPS) is 22.7. The third kappa shape index (κ3) is 2.83. The molecule has 2 aliphatic rings. The van der Waals surface area contributed by atoms with E-state index in [0.29, 0.717) is 11.6 Å². The number of halogens is 1. The van der Waals surface area contributed by atoms with Crippen LogP contribution in [0.25, 0.3) is 0 Å². The number of nitro benzene ring substituents is 1. The van der Waals surface area contributed by atoms with Gasteiger partial charge in [0.2, 0.25) is 0 Å². The van der Waals surface area contributed by atoms with Gasteiger partial charge in [-0.2, -0.15) is 0 Å². The number of hydrogen-bond acceptors (Lipinski definition) is 4. The van der Waals surface area contributed by atoms with E-state index in [1.54, 1.807) is 13.2 Å². The summed E-state index contributed by atoms with van der Waals surface area (Å²) in [4.78, 5) is 11.5. The Labute approximate surface area is 166 Å². The lowest BCUT2D eigenvalue weighted by atomic mass is 9.74. The van der Waals surface area contributed by atoms with Gasteiger partial charge in [-0.05, 0) is 61.1 Å². The molecule has 5 nitrogen and oxygen atoms in total. The fourth-order valence-corrected chi connectivity index (χ4v) is 4.86. The third-order valence-electron chi connectivity index (χ3n) is 5.87. The zero-order chi connectivity index (χ0) is 19.3. The summed E-state index contributed by atoms with van der Waals surface area (Å²) in [7, 11) is 1.66. The van der Waals surface area contributed by atoms with Gasteiger partial charge in [-0.25, -0.2) is 0 Å². The zero-order valence-electron chi connectivity index (χ0n) is 15.5. The second-order valence-corrected chi connectivity index (χ2v) is 8.16. The number of methoxy groups -OCH3 is 1. The molecule has 27 heavy (non-hydrogen) atoms. The Hall–Kier alpha value is -2.34. The maximum atomic E-state index is 11.8. The number of fused-ring (bicyclic) bond motifs is 3. The molecule has 3 atom stereocenters. The van der Waals surface area contributed by atoms with Crippen molar-refractivity contribution in [3.63, 3.8) is 0 Å². The molecule has 1 N–H and O–H groups in total. The van der Waals surface area contributed by atoms with Gasteiger partial charge in [-0.3, -0.25) is 10.1 Å². The van der Waals surface area contributed by atoms with Crippen molar-refractivity contribution >= 4 is 27.3 Å². The Bertz CT molecular complexity index is 970.